The van der Waals surface area contributed by atoms with Gasteiger partial charge in [-0.2, -0.15) is 5.10 Å². The molecule has 0 saturated heterocycles. The fourth-order valence-electron chi connectivity index (χ4n) is 1.97. The van der Waals surface area contributed by atoms with Gasteiger partial charge in [0.25, 0.3) is 0 Å². The van der Waals surface area contributed by atoms with E-state index in [1.165, 1.54) is 18.5 Å². The summed E-state index contributed by atoms with van der Waals surface area (Å²) in [4.78, 5) is 4.15. The highest BCUT2D eigenvalue weighted by atomic mass is 19.1. The first-order chi connectivity index (χ1) is 9.60. The number of rotatable bonds is 6. The van der Waals surface area contributed by atoms with Crippen molar-refractivity contribution in [3.63, 3.8) is 0 Å². The van der Waals surface area contributed by atoms with Crippen molar-refractivity contribution in [2.45, 2.75) is 32.9 Å². The van der Waals surface area contributed by atoms with Crippen molar-refractivity contribution in [2.24, 2.45) is 5.73 Å². The summed E-state index contributed by atoms with van der Waals surface area (Å²) < 4.78 is 20.9. The Morgan fingerprint density at radius 3 is 2.85 bits per heavy atom. The number of nitrogens with zero attached hydrogens (tertiary/aromatic N) is 3. The molecule has 0 aliphatic carbocycles. The Hall–Kier alpha value is -1.95. The Bertz CT molecular complexity index is 568. The molecule has 0 bridgehead atoms. The van der Waals surface area contributed by atoms with Crippen LogP contribution in [0, 0.1) is 5.82 Å². The Morgan fingerprint density at radius 2 is 2.15 bits per heavy atom. The largest absolute Gasteiger partial charge is 0.486 e. The summed E-state index contributed by atoms with van der Waals surface area (Å²) >= 11 is 0. The van der Waals surface area contributed by atoms with Crippen LogP contribution in [0.25, 0.3) is 0 Å². The van der Waals surface area contributed by atoms with Gasteiger partial charge in [0.1, 0.15) is 24.5 Å². The molecule has 20 heavy (non-hydrogen) atoms. The van der Waals surface area contributed by atoms with Gasteiger partial charge >= 0.3 is 0 Å². The number of hydrogen-bond acceptors (Lipinski definition) is 4. The lowest BCUT2D eigenvalue weighted by atomic mass is 10.1. The van der Waals surface area contributed by atoms with Gasteiger partial charge < -0.3 is 10.5 Å². The van der Waals surface area contributed by atoms with Crippen molar-refractivity contribution >= 4 is 0 Å². The van der Waals surface area contributed by atoms with Crippen molar-refractivity contribution in [1.82, 2.24) is 14.8 Å². The van der Waals surface area contributed by atoms with Crippen molar-refractivity contribution in [2.75, 3.05) is 6.54 Å². The van der Waals surface area contributed by atoms with Gasteiger partial charge in [-0.1, -0.05) is 0 Å². The van der Waals surface area contributed by atoms with Gasteiger partial charge in [0.05, 0.1) is 0 Å². The summed E-state index contributed by atoms with van der Waals surface area (Å²) in [5.41, 5.74) is 6.31. The minimum absolute atomic E-state index is 0.205. The molecule has 0 saturated carbocycles. The van der Waals surface area contributed by atoms with Gasteiger partial charge in [-0.25, -0.2) is 14.1 Å². The molecule has 5 nitrogen and oxygen atoms in total. The summed E-state index contributed by atoms with van der Waals surface area (Å²) in [5, 5.41) is 4.13. The van der Waals surface area contributed by atoms with Crippen LogP contribution in [-0.4, -0.2) is 21.3 Å². The van der Waals surface area contributed by atoms with Crippen molar-refractivity contribution in [3.8, 4) is 5.75 Å². The Kier molecular flexibility index (Phi) is 4.68. The highest BCUT2D eigenvalue weighted by molar-refractivity contribution is 5.29. The maximum absolute atomic E-state index is 13.5. The molecule has 0 spiro atoms. The second kappa shape index (κ2) is 6.47. The molecule has 0 aliphatic rings. The summed E-state index contributed by atoms with van der Waals surface area (Å²) in [6, 6.07) is 4.83. The maximum atomic E-state index is 13.5. The second-order valence-electron chi connectivity index (χ2n) is 4.84. The van der Waals surface area contributed by atoms with E-state index in [0.29, 0.717) is 24.5 Å². The van der Waals surface area contributed by atoms with E-state index in [-0.39, 0.29) is 18.5 Å². The number of hydrogen-bond donors (Lipinski definition) is 1. The summed E-state index contributed by atoms with van der Waals surface area (Å²) in [6.45, 7) is 4.76. The van der Waals surface area contributed by atoms with E-state index in [4.69, 9.17) is 10.5 Å². The van der Waals surface area contributed by atoms with Crippen LogP contribution >= 0.6 is 0 Å². The first kappa shape index (κ1) is 14.5. The van der Waals surface area contributed by atoms with Crippen LogP contribution in [0.1, 0.15) is 31.3 Å². The zero-order valence-electron chi connectivity index (χ0n) is 11.7. The first-order valence-electron chi connectivity index (χ1n) is 6.61. The molecular formula is C14H19FN4O. The SMILES string of the molecule is CC(C)n1ncnc1COc1cc(F)cc(CCN)c1. The Morgan fingerprint density at radius 1 is 1.35 bits per heavy atom. The lowest BCUT2D eigenvalue weighted by Crippen LogP contribution is -2.11. The average Bonchev–Trinajstić information content (AvgIpc) is 2.84. The molecule has 0 atom stereocenters. The maximum Gasteiger partial charge on any atom is 0.165 e. The fraction of sp³-hybridized carbons (Fsp3) is 0.429. The van der Waals surface area contributed by atoms with Crippen LogP contribution in [0.4, 0.5) is 4.39 Å². The Labute approximate surface area is 117 Å². The molecule has 6 heteroatoms. The van der Waals surface area contributed by atoms with E-state index in [1.54, 1.807) is 10.7 Å². The van der Waals surface area contributed by atoms with Gasteiger partial charge in [0, 0.05) is 12.1 Å². The van der Waals surface area contributed by atoms with E-state index in [9.17, 15) is 4.39 Å². The molecule has 0 amide bonds. The number of benzene rings is 1. The number of ether oxygens (including phenoxy) is 1. The molecular weight excluding hydrogens is 259 g/mol. The van der Waals surface area contributed by atoms with Crippen LogP contribution in [0.2, 0.25) is 0 Å². The molecule has 1 aromatic carbocycles. The number of aromatic nitrogens is 3. The summed E-state index contributed by atoms with van der Waals surface area (Å²) in [7, 11) is 0. The molecule has 2 N–H and O–H groups in total. The highest BCUT2D eigenvalue weighted by Crippen LogP contribution is 2.18. The van der Waals surface area contributed by atoms with Crippen molar-refractivity contribution < 1.29 is 9.13 Å². The Balaban J connectivity index is 2.08. The summed E-state index contributed by atoms with van der Waals surface area (Å²) in [5.74, 6) is 0.868. The number of nitrogens with two attached hydrogens (primary N) is 1. The molecule has 2 aromatic rings. The monoisotopic (exact) mass is 278 g/mol. The second-order valence-corrected chi connectivity index (χ2v) is 4.84. The zero-order valence-corrected chi connectivity index (χ0v) is 11.7. The van der Waals surface area contributed by atoms with Crippen LogP contribution < -0.4 is 10.5 Å². The molecule has 108 valence electrons. The van der Waals surface area contributed by atoms with Gasteiger partial charge in [-0.3, -0.25) is 0 Å². The van der Waals surface area contributed by atoms with E-state index >= 15 is 0 Å². The molecule has 0 unspecified atom stereocenters. The third kappa shape index (κ3) is 3.54. The summed E-state index contributed by atoms with van der Waals surface area (Å²) in [6.07, 6.45) is 2.11. The lowest BCUT2D eigenvalue weighted by molar-refractivity contribution is 0.281. The first-order valence-corrected chi connectivity index (χ1v) is 6.61. The molecule has 1 aromatic heterocycles. The standard InChI is InChI=1S/C14H19FN4O/c1-10(2)19-14(17-9-18-19)8-20-13-6-11(3-4-16)5-12(15)7-13/h5-7,9-10H,3-4,8,16H2,1-2H3. The van der Waals surface area contributed by atoms with Gasteiger partial charge in [0.15, 0.2) is 5.82 Å². The van der Waals surface area contributed by atoms with Crippen LogP contribution in [0.3, 0.4) is 0 Å². The molecule has 2 rings (SSSR count). The fourth-order valence-corrected chi connectivity index (χ4v) is 1.97. The van der Waals surface area contributed by atoms with Gasteiger partial charge in [0.2, 0.25) is 0 Å². The van der Waals surface area contributed by atoms with E-state index in [1.807, 2.05) is 13.8 Å². The third-order valence-electron chi connectivity index (χ3n) is 2.87. The van der Waals surface area contributed by atoms with Crippen LogP contribution in [0.5, 0.6) is 5.75 Å². The minimum atomic E-state index is -0.323. The third-order valence-corrected chi connectivity index (χ3v) is 2.87. The predicted molar refractivity (Wildman–Crippen MR) is 73.9 cm³/mol. The lowest BCUT2D eigenvalue weighted by Gasteiger charge is -2.11. The van der Waals surface area contributed by atoms with Crippen LogP contribution in [-0.2, 0) is 13.0 Å². The average molecular weight is 278 g/mol. The van der Waals surface area contributed by atoms with Crippen molar-refractivity contribution in [3.05, 3.63) is 41.7 Å². The van der Waals surface area contributed by atoms with Gasteiger partial charge in [-0.05, 0) is 44.5 Å². The molecule has 1 heterocycles. The topological polar surface area (TPSA) is 66.0 Å². The predicted octanol–water partition coefficient (Wildman–Crippen LogP) is 2.08. The normalized spacial score (nSPS) is 11.1. The minimum Gasteiger partial charge on any atom is -0.486 e. The van der Waals surface area contributed by atoms with E-state index < -0.39 is 0 Å². The van der Waals surface area contributed by atoms with E-state index in [0.717, 1.165) is 5.56 Å². The zero-order chi connectivity index (χ0) is 14.5. The smallest absolute Gasteiger partial charge is 0.165 e. The van der Waals surface area contributed by atoms with E-state index in [2.05, 4.69) is 10.1 Å². The number of halogens is 1. The highest BCUT2D eigenvalue weighted by Gasteiger charge is 2.09. The van der Waals surface area contributed by atoms with Crippen molar-refractivity contribution in [1.29, 1.82) is 0 Å². The quantitative estimate of drug-likeness (QED) is 0.878. The van der Waals surface area contributed by atoms with Crippen LogP contribution in [0.15, 0.2) is 24.5 Å². The van der Waals surface area contributed by atoms with Gasteiger partial charge in [-0.15, -0.1) is 0 Å². The molecule has 0 radical (unpaired) electrons. The molecule has 0 aliphatic heterocycles. The molecule has 0 fully saturated rings.